The molecule has 1 aromatic heterocycles. The number of hydrogen-bond donors (Lipinski definition) is 2. The molecule has 3 aliphatic rings. The second kappa shape index (κ2) is 11.0. The zero-order chi connectivity index (χ0) is 32.5. The maximum absolute atomic E-state index is 14.2. The van der Waals surface area contributed by atoms with E-state index >= 15 is 0 Å². The van der Waals surface area contributed by atoms with E-state index in [0.29, 0.717) is 35.3 Å². The summed E-state index contributed by atoms with van der Waals surface area (Å²) in [5, 5.41) is 15.9. The number of aliphatic hydroxyl groups excluding tert-OH is 1. The second-order valence-corrected chi connectivity index (χ2v) is 17.4. The number of anilines is 1. The Balaban J connectivity index is 1.28. The highest BCUT2D eigenvalue weighted by molar-refractivity contribution is 6.71. The number of aliphatic hydroxyl groups is 1. The van der Waals surface area contributed by atoms with Crippen molar-refractivity contribution < 1.29 is 24.2 Å². The van der Waals surface area contributed by atoms with E-state index in [1.54, 1.807) is 53.4 Å². The minimum atomic E-state index is -3.02. The second-order valence-electron chi connectivity index (χ2n) is 13.4. The van der Waals surface area contributed by atoms with Crippen LogP contribution in [0, 0.1) is 5.92 Å². The van der Waals surface area contributed by atoms with E-state index < -0.39 is 31.5 Å². The number of carbonyl (C=O) groups excluding carboxylic acids is 2. The van der Waals surface area contributed by atoms with E-state index in [0.717, 1.165) is 16.5 Å². The van der Waals surface area contributed by atoms with Gasteiger partial charge in [-0.25, -0.2) is 0 Å². The number of hydrogen-bond acceptors (Lipinski definition) is 7. The van der Waals surface area contributed by atoms with Gasteiger partial charge in [0.15, 0.2) is 13.9 Å². The number of carbonyl (C=O) groups is 2. The molecule has 2 amide bonds. The van der Waals surface area contributed by atoms with Gasteiger partial charge in [-0.15, -0.1) is 0 Å². The number of nitrogens with zero attached hydrogens (tertiary/aromatic N) is 4. The Morgan fingerprint density at radius 1 is 1.07 bits per heavy atom. The van der Waals surface area contributed by atoms with Crippen LogP contribution in [0.2, 0.25) is 18.6 Å². The Bertz CT molecular complexity index is 1940. The van der Waals surface area contributed by atoms with Crippen molar-refractivity contribution in [1.82, 2.24) is 14.7 Å². The fourth-order valence-electron chi connectivity index (χ4n) is 8.11. The van der Waals surface area contributed by atoms with E-state index in [1.165, 1.54) is 4.68 Å². The van der Waals surface area contributed by atoms with E-state index in [4.69, 9.17) is 4.74 Å². The first-order chi connectivity index (χ1) is 22.0. The van der Waals surface area contributed by atoms with Gasteiger partial charge in [0, 0.05) is 36.0 Å². The predicted octanol–water partition coefficient (Wildman–Crippen LogP) is 3.50. The number of rotatable bonds is 5. The van der Waals surface area contributed by atoms with E-state index in [-0.39, 0.29) is 36.4 Å². The quantitative estimate of drug-likeness (QED) is 0.321. The number of aromatic nitrogens is 2. The molecule has 11 heteroatoms. The van der Waals surface area contributed by atoms with Crippen LogP contribution >= 0.6 is 0 Å². The molecule has 0 saturated carbocycles. The van der Waals surface area contributed by atoms with Gasteiger partial charge in [0.05, 0.1) is 48.1 Å². The van der Waals surface area contributed by atoms with Crippen LogP contribution in [0.5, 0.6) is 0 Å². The Morgan fingerprint density at radius 3 is 2.52 bits per heavy atom. The van der Waals surface area contributed by atoms with E-state index in [2.05, 4.69) is 5.10 Å². The summed E-state index contributed by atoms with van der Waals surface area (Å²) in [5.41, 5.74) is 1.68. The molecular weight excluding hydrogens is 600 g/mol. The SMILES string of the molecule is C[C@@H]1[C@@H]([Si](C)(C)O)[C@H](CC(=O)N2Cc3ccccc3C[C@H]2CO)O[C@@]12C(=O)N(C)c1ccc(-n3ncc4ccccc4c3=O)cc12. The summed E-state index contributed by atoms with van der Waals surface area (Å²) in [4.78, 5) is 56.6. The lowest BCUT2D eigenvalue weighted by molar-refractivity contribution is -0.150. The number of benzene rings is 3. The molecule has 0 radical (unpaired) electrons. The molecule has 10 nitrogen and oxygen atoms in total. The lowest BCUT2D eigenvalue weighted by Gasteiger charge is -2.37. The zero-order valence-electron chi connectivity index (χ0n) is 26.4. The largest absolute Gasteiger partial charge is 0.432 e. The first-order valence-electron chi connectivity index (χ1n) is 15.7. The normalized spacial score (nSPS) is 25.7. The molecule has 4 heterocycles. The van der Waals surface area contributed by atoms with Crippen molar-refractivity contribution >= 4 is 36.6 Å². The average molecular weight is 639 g/mol. The van der Waals surface area contributed by atoms with Crippen molar-refractivity contribution in [1.29, 1.82) is 0 Å². The van der Waals surface area contributed by atoms with Crippen molar-refractivity contribution in [2.45, 2.75) is 62.7 Å². The summed E-state index contributed by atoms with van der Waals surface area (Å²) in [6, 6.07) is 20.1. The highest BCUT2D eigenvalue weighted by Gasteiger charge is 2.66. The van der Waals surface area contributed by atoms with E-state index in [1.807, 2.05) is 56.4 Å². The summed E-state index contributed by atoms with van der Waals surface area (Å²) >= 11 is 0. The van der Waals surface area contributed by atoms with Crippen LogP contribution in [-0.2, 0) is 32.9 Å². The molecule has 4 aromatic rings. The Labute approximate surface area is 268 Å². The van der Waals surface area contributed by atoms with Crippen LogP contribution in [0.25, 0.3) is 16.5 Å². The molecule has 5 atom stereocenters. The predicted molar refractivity (Wildman–Crippen MR) is 176 cm³/mol. The lowest BCUT2D eigenvalue weighted by Crippen LogP contribution is -2.48. The van der Waals surface area contributed by atoms with Gasteiger partial charge in [0.1, 0.15) is 0 Å². The van der Waals surface area contributed by atoms with E-state index in [9.17, 15) is 24.3 Å². The minimum Gasteiger partial charge on any atom is -0.432 e. The third-order valence-corrected chi connectivity index (χ3v) is 12.8. The highest BCUT2D eigenvalue weighted by Crippen LogP contribution is 2.59. The van der Waals surface area contributed by atoms with Crippen LogP contribution in [0.4, 0.5) is 5.69 Å². The minimum absolute atomic E-state index is 0.0376. The van der Waals surface area contributed by atoms with Crippen molar-refractivity contribution in [3.8, 4) is 5.69 Å². The molecule has 3 aromatic carbocycles. The summed E-state index contributed by atoms with van der Waals surface area (Å²) in [6.07, 6.45) is 1.42. The maximum atomic E-state index is 14.2. The fourth-order valence-corrected chi connectivity index (χ4v) is 10.7. The van der Waals surface area contributed by atoms with Gasteiger partial charge in [0.2, 0.25) is 5.91 Å². The number of ether oxygens (including phenoxy) is 1. The van der Waals surface area contributed by atoms with Gasteiger partial charge < -0.3 is 24.4 Å². The number of fused-ring (bicyclic) bond motifs is 4. The standard InChI is InChI=1S/C35H38N4O6Si/c1-21-32(46(3,4)44)30(17-31(41)38-19-24-11-6-5-9-22(24)15-26(38)20-40)45-35(21)28-16-25(13-14-29(28)37(2)34(35)43)39-33(42)27-12-8-7-10-23(27)18-36-39/h5-14,16,18,21,26,30,32,40,44H,15,17,19-20H2,1-4H3/t21-,26+,30+,32-,35+/m1/s1. The molecule has 1 saturated heterocycles. The summed E-state index contributed by atoms with van der Waals surface area (Å²) < 4.78 is 8.15. The monoisotopic (exact) mass is 638 g/mol. The van der Waals surface area contributed by atoms with Crippen molar-refractivity contribution in [2.24, 2.45) is 5.92 Å². The molecule has 1 fully saturated rings. The average Bonchev–Trinajstić information content (AvgIpc) is 3.46. The Kier molecular flexibility index (Phi) is 7.28. The number of amides is 2. The first kappa shape index (κ1) is 30.5. The maximum Gasteiger partial charge on any atom is 0.279 e. The molecular formula is C35H38N4O6Si. The first-order valence-corrected chi connectivity index (χ1v) is 18.8. The fraction of sp³-hybridized carbons (Fsp3) is 0.371. The van der Waals surface area contributed by atoms with Gasteiger partial charge in [-0.05, 0) is 54.9 Å². The van der Waals surface area contributed by atoms with Crippen molar-refractivity contribution in [2.75, 3.05) is 18.6 Å². The van der Waals surface area contributed by atoms with Crippen LogP contribution in [0.3, 0.4) is 0 Å². The van der Waals surface area contributed by atoms with Crippen LogP contribution in [0.1, 0.15) is 30.0 Å². The molecule has 7 rings (SSSR count). The Hall–Kier alpha value is -4.16. The van der Waals surface area contributed by atoms with Gasteiger partial charge >= 0.3 is 0 Å². The molecule has 2 N–H and O–H groups in total. The molecule has 0 aliphatic carbocycles. The Morgan fingerprint density at radius 2 is 1.78 bits per heavy atom. The van der Waals surface area contributed by atoms with Crippen LogP contribution < -0.4 is 10.5 Å². The van der Waals surface area contributed by atoms with Crippen molar-refractivity contribution in [3.05, 3.63) is 100.0 Å². The number of likely N-dealkylation sites (N-methyl/N-ethyl adjacent to an activating group) is 1. The van der Waals surface area contributed by atoms with Crippen LogP contribution in [0.15, 0.2) is 77.7 Å². The van der Waals surface area contributed by atoms with Gasteiger partial charge in [0.25, 0.3) is 11.5 Å². The molecule has 1 spiro atoms. The molecule has 3 aliphatic heterocycles. The third-order valence-electron chi connectivity index (χ3n) is 10.3. The highest BCUT2D eigenvalue weighted by atomic mass is 28.4. The topological polar surface area (TPSA) is 125 Å². The molecule has 238 valence electrons. The smallest absolute Gasteiger partial charge is 0.279 e. The van der Waals surface area contributed by atoms with Gasteiger partial charge in [-0.1, -0.05) is 49.4 Å². The van der Waals surface area contributed by atoms with Gasteiger partial charge in [-0.2, -0.15) is 9.78 Å². The van der Waals surface area contributed by atoms with Crippen LogP contribution in [-0.4, -0.2) is 70.5 Å². The molecule has 0 bridgehead atoms. The van der Waals surface area contributed by atoms with Gasteiger partial charge in [-0.3, -0.25) is 14.4 Å². The van der Waals surface area contributed by atoms with Crippen molar-refractivity contribution in [3.63, 3.8) is 0 Å². The summed E-state index contributed by atoms with van der Waals surface area (Å²) in [7, 11) is -1.32. The third kappa shape index (κ3) is 4.56. The summed E-state index contributed by atoms with van der Waals surface area (Å²) in [6.45, 7) is 5.76. The summed E-state index contributed by atoms with van der Waals surface area (Å²) in [5.74, 6) is -0.935. The molecule has 46 heavy (non-hydrogen) atoms. The zero-order valence-corrected chi connectivity index (χ0v) is 27.4. The molecule has 0 unspecified atom stereocenters. The lowest BCUT2D eigenvalue weighted by atomic mass is 9.82.